The van der Waals surface area contributed by atoms with Crippen LogP contribution in [0.25, 0.3) is 16.9 Å². The van der Waals surface area contributed by atoms with Gasteiger partial charge in [-0.1, -0.05) is 31.0 Å². The molecule has 0 spiro atoms. The predicted molar refractivity (Wildman–Crippen MR) is 219 cm³/mol. The van der Waals surface area contributed by atoms with Crippen LogP contribution in [0, 0.1) is 0 Å². The number of ether oxygens (including phenoxy) is 1. The first-order valence-electron chi connectivity index (χ1n) is 19.4. The Morgan fingerprint density at radius 1 is 0.897 bits per heavy atom. The van der Waals surface area contributed by atoms with Crippen LogP contribution in [0.5, 0.6) is 5.75 Å². The van der Waals surface area contributed by atoms with Crippen molar-refractivity contribution in [3.8, 4) is 17.0 Å². The highest BCUT2D eigenvalue weighted by Gasteiger charge is 2.42. The first-order valence-corrected chi connectivity index (χ1v) is 21.3. The largest absolute Gasteiger partial charge is 0.494 e. The molecule has 5 aromatic rings. The molecule has 3 N–H and O–H groups in total. The van der Waals surface area contributed by atoms with Gasteiger partial charge in [0.15, 0.2) is 15.5 Å². The Balaban J connectivity index is 0.812. The minimum Gasteiger partial charge on any atom is -0.494 e. The number of primary amides is 1. The van der Waals surface area contributed by atoms with Gasteiger partial charge < -0.3 is 25.5 Å². The topological polar surface area (TPSA) is 190 Å². The van der Waals surface area contributed by atoms with Crippen molar-refractivity contribution in [3.05, 3.63) is 96.1 Å². The lowest BCUT2D eigenvalue weighted by Gasteiger charge is -2.36. The second kappa shape index (κ2) is 17.6. The van der Waals surface area contributed by atoms with Crippen LogP contribution in [0.15, 0.2) is 89.8 Å². The molecule has 0 bridgehead atoms. The van der Waals surface area contributed by atoms with E-state index < -0.39 is 33.6 Å². The van der Waals surface area contributed by atoms with E-state index in [-0.39, 0.29) is 28.9 Å². The Morgan fingerprint density at radius 2 is 1.62 bits per heavy atom. The number of nitrogens with one attached hydrogen (secondary N) is 1. The third-order valence-corrected chi connectivity index (χ3v) is 11.7. The van der Waals surface area contributed by atoms with Crippen molar-refractivity contribution in [2.45, 2.75) is 49.5 Å². The van der Waals surface area contributed by atoms with Crippen molar-refractivity contribution in [3.63, 3.8) is 0 Å². The number of hydrogen-bond donors (Lipinski definition) is 2. The monoisotopic (exact) mass is 806 g/mol. The number of sulfone groups is 1. The minimum atomic E-state index is -3.29. The average molecular weight is 807 g/mol. The summed E-state index contributed by atoms with van der Waals surface area (Å²) in [5.41, 5.74) is 10.1. The molecule has 1 unspecified atom stereocenters. The van der Waals surface area contributed by atoms with Crippen LogP contribution in [0.4, 0.5) is 17.3 Å². The Labute approximate surface area is 336 Å². The first kappa shape index (κ1) is 40.1. The highest BCUT2D eigenvalue weighted by atomic mass is 32.2. The van der Waals surface area contributed by atoms with Crippen molar-refractivity contribution in [2.24, 2.45) is 5.73 Å². The number of carbonyl (C=O) groups is 4. The lowest BCUT2D eigenvalue weighted by atomic mass is 10.1. The van der Waals surface area contributed by atoms with Gasteiger partial charge in [0.1, 0.15) is 18.1 Å². The molecular weight excluding hydrogens is 761 g/mol. The number of aldehydes is 1. The van der Waals surface area contributed by atoms with Crippen LogP contribution < -0.4 is 20.7 Å². The molecule has 7 rings (SSSR count). The van der Waals surface area contributed by atoms with Crippen LogP contribution in [0.1, 0.15) is 59.2 Å². The van der Waals surface area contributed by atoms with E-state index in [2.05, 4.69) is 37.3 Å². The number of nitrogens with two attached hydrogens (primary N) is 1. The van der Waals surface area contributed by atoms with E-state index in [4.69, 9.17) is 10.5 Å². The van der Waals surface area contributed by atoms with Gasteiger partial charge in [-0.05, 0) is 92.5 Å². The first-order chi connectivity index (χ1) is 28.0. The van der Waals surface area contributed by atoms with Crippen LogP contribution in [0.2, 0.25) is 0 Å². The minimum absolute atomic E-state index is 0.00735. The molecule has 2 aliphatic heterocycles. The smallest absolute Gasteiger partial charge is 0.262 e. The summed E-state index contributed by atoms with van der Waals surface area (Å²) in [5.74, 6) is -1.10. The average Bonchev–Trinajstić information content (AvgIpc) is 3.74. The summed E-state index contributed by atoms with van der Waals surface area (Å²) in [6, 6.07) is 24.2. The Morgan fingerprint density at radius 3 is 2.33 bits per heavy atom. The zero-order valence-electron chi connectivity index (χ0n) is 32.2. The fraction of sp³-hybridized carbons (Fsp3) is 0.333. The maximum absolute atomic E-state index is 13.0. The van der Waals surface area contributed by atoms with Gasteiger partial charge >= 0.3 is 0 Å². The summed E-state index contributed by atoms with van der Waals surface area (Å²) >= 11 is 0. The van der Waals surface area contributed by atoms with E-state index in [1.54, 1.807) is 34.8 Å². The summed E-state index contributed by atoms with van der Waals surface area (Å²) in [7, 11) is -3.29. The number of pyridine rings is 1. The van der Waals surface area contributed by atoms with Crippen molar-refractivity contribution in [1.29, 1.82) is 0 Å². The number of aromatic nitrogens is 3. The highest BCUT2D eigenvalue weighted by Crippen LogP contribution is 2.30. The standard InChI is InChI=1S/C42H46N8O7S/c1-58(55,56)33-18-11-29(12-19-33)36-8-6-10-38-45-42(46-50(36)38)44-30-13-15-31(16-14-30)48-24-22-47(23-25-48)21-4-2-3-5-27-57-32-17-20-34-35(28-32)41(54)49(40(34)53)37(39(43)52)9-7-26-51/h6,8,10-20,26,28,37H,2-5,7,9,21-25,27H2,1H3,(H2,43,52)(H,44,46). The van der Waals surface area contributed by atoms with Crippen molar-refractivity contribution in [1.82, 2.24) is 24.4 Å². The van der Waals surface area contributed by atoms with E-state index in [0.717, 1.165) is 85.9 Å². The molecule has 302 valence electrons. The molecule has 1 fully saturated rings. The number of carbonyl (C=O) groups excluding carboxylic acids is 4. The SMILES string of the molecule is CS(=O)(=O)c1ccc(-c2cccc3nc(Nc4ccc(N5CCN(CCCCCCOc6ccc7c(c6)C(=O)N(C(CCC=O)C(N)=O)C7=O)CC5)cc4)nn23)cc1. The second-order valence-electron chi connectivity index (χ2n) is 14.5. The van der Waals surface area contributed by atoms with E-state index >= 15 is 0 Å². The lowest BCUT2D eigenvalue weighted by molar-refractivity contribution is -0.122. The zero-order valence-corrected chi connectivity index (χ0v) is 33.1. The number of imide groups is 1. The molecule has 0 radical (unpaired) electrons. The van der Waals surface area contributed by atoms with Crippen molar-refractivity contribution < 1.29 is 32.3 Å². The molecule has 0 aliphatic carbocycles. The quantitative estimate of drug-likeness (QED) is 0.0705. The molecule has 0 saturated carbocycles. The number of anilines is 3. The van der Waals surface area contributed by atoms with Crippen LogP contribution in [-0.2, 0) is 19.4 Å². The van der Waals surface area contributed by atoms with Gasteiger partial charge in [-0.2, -0.15) is 4.98 Å². The third-order valence-electron chi connectivity index (χ3n) is 10.5. The normalized spacial score (nSPS) is 15.1. The van der Waals surface area contributed by atoms with Crippen LogP contribution in [0.3, 0.4) is 0 Å². The molecule has 1 saturated heterocycles. The molecule has 2 aromatic heterocycles. The maximum Gasteiger partial charge on any atom is 0.262 e. The molecule has 3 amide bonds. The van der Waals surface area contributed by atoms with Gasteiger partial charge in [0.05, 0.1) is 28.3 Å². The third kappa shape index (κ3) is 9.03. The highest BCUT2D eigenvalue weighted by molar-refractivity contribution is 7.90. The number of piperazine rings is 1. The van der Waals surface area contributed by atoms with Gasteiger partial charge in [-0.25, -0.2) is 12.9 Å². The molecule has 1 atom stereocenters. The zero-order chi connectivity index (χ0) is 40.8. The Bertz CT molecular complexity index is 2410. The number of benzene rings is 3. The van der Waals surface area contributed by atoms with Gasteiger partial charge in [0.25, 0.3) is 11.8 Å². The Hall–Kier alpha value is -6.13. The molecule has 15 nitrogen and oxygen atoms in total. The number of nitrogens with zero attached hydrogens (tertiary/aromatic N) is 6. The Kier molecular flexibility index (Phi) is 12.1. The fourth-order valence-electron chi connectivity index (χ4n) is 7.38. The summed E-state index contributed by atoms with van der Waals surface area (Å²) in [4.78, 5) is 59.3. The summed E-state index contributed by atoms with van der Waals surface area (Å²) in [6.07, 6.45) is 5.82. The molecule has 2 aliphatic rings. The van der Waals surface area contributed by atoms with Crippen molar-refractivity contribution >= 4 is 56.8 Å². The fourth-order valence-corrected chi connectivity index (χ4v) is 8.01. The van der Waals surface area contributed by atoms with Gasteiger partial charge in [-0.15, -0.1) is 5.10 Å². The maximum atomic E-state index is 13.0. The summed E-state index contributed by atoms with van der Waals surface area (Å²) in [5, 5.41) is 7.99. The number of amides is 3. The molecule has 3 aromatic carbocycles. The van der Waals surface area contributed by atoms with E-state index in [1.165, 1.54) is 18.4 Å². The van der Waals surface area contributed by atoms with Gasteiger partial charge in [0, 0.05) is 55.8 Å². The molecule has 58 heavy (non-hydrogen) atoms. The van der Waals surface area contributed by atoms with E-state index in [9.17, 15) is 27.6 Å². The number of hydrogen-bond acceptors (Lipinski definition) is 12. The van der Waals surface area contributed by atoms with Crippen molar-refractivity contribution in [2.75, 3.05) is 55.8 Å². The summed E-state index contributed by atoms with van der Waals surface area (Å²) in [6.45, 7) is 5.37. The molecular formula is C42H46N8O7S. The lowest BCUT2D eigenvalue weighted by Crippen LogP contribution is -2.47. The van der Waals surface area contributed by atoms with Gasteiger partial charge in [0.2, 0.25) is 11.9 Å². The van der Waals surface area contributed by atoms with Crippen LogP contribution in [-0.4, -0.2) is 108 Å². The molecule has 16 heteroatoms. The van der Waals surface area contributed by atoms with Gasteiger partial charge in [-0.3, -0.25) is 24.2 Å². The number of rotatable bonds is 18. The summed E-state index contributed by atoms with van der Waals surface area (Å²) < 4.78 is 31.4. The van der Waals surface area contributed by atoms with E-state index in [1.807, 2.05) is 30.3 Å². The van der Waals surface area contributed by atoms with Crippen LogP contribution >= 0.6 is 0 Å². The molecule has 4 heterocycles. The second-order valence-corrected chi connectivity index (χ2v) is 16.5. The van der Waals surface area contributed by atoms with E-state index in [0.29, 0.717) is 30.2 Å². The number of unbranched alkanes of at least 4 members (excludes halogenated alkanes) is 3. The number of fused-ring (bicyclic) bond motifs is 2. The predicted octanol–water partition coefficient (Wildman–Crippen LogP) is 4.73.